The van der Waals surface area contributed by atoms with Crippen molar-refractivity contribution in [3.8, 4) is 0 Å². The Kier molecular flexibility index (Phi) is 4.34. The van der Waals surface area contributed by atoms with E-state index >= 15 is 0 Å². The number of nitrogens with one attached hydrogen (secondary N) is 1. The maximum absolute atomic E-state index is 12.0. The molecular weight excluding hydrogens is 262 g/mol. The Morgan fingerprint density at radius 3 is 2.63 bits per heavy atom. The second kappa shape index (κ2) is 5.99. The summed E-state index contributed by atoms with van der Waals surface area (Å²) in [6.45, 7) is 2.34. The van der Waals surface area contributed by atoms with E-state index < -0.39 is 10.0 Å². The van der Waals surface area contributed by atoms with E-state index in [1.807, 2.05) is 37.4 Å². The van der Waals surface area contributed by atoms with Crippen LogP contribution in [0.3, 0.4) is 0 Å². The van der Waals surface area contributed by atoms with Gasteiger partial charge in [-0.25, -0.2) is 13.1 Å². The predicted octanol–water partition coefficient (Wildman–Crippen LogP) is 1.39. The van der Waals surface area contributed by atoms with E-state index in [-0.39, 0.29) is 11.8 Å². The molecular formula is C13H17N3O2S. The third-order valence-corrected chi connectivity index (χ3v) is 4.08. The molecule has 0 amide bonds. The number of hydrogen-bond acceptors (Lipinski definition) is 3. The van der Waals surface area contributed by atoms with E-state index in [9.17, 15) is 8.42 Å². The van der Waals surface area contributed by atoms with Crippen LogP contribution in [0.1, 0.15) is 12.5 Å². The summed E-state index contributed by atoms with van der Waals surface area (Å²) < 4.78 is 28.4. The standard InChI is InChI=1S/C13H17N3O2S/c1-12(10-16-9-5-8-14-16)15-19(17,18)11-13-6-3-2-4-7-13/h2-9,12,15H,10-11H2,1H3/t12-/m1/s1. The molecule has 6 heteroatoms. The number of sulfonamides is 1. The second-order valence-electron chi connectivity index (χ2n) is 4.49. The van der Waals surface area contributed by atoms with Gasteiger partial charge >= 0.3 is 0 Å². The van der Waals surface area contributed by atoms with Gasteiger partial charge in [0.25, 0.3) is 0 Å². The highest BCUT2D eigenvalue weighted by Crippen LogP contribution is 2.05. The number of rotatable bonds is 6. The summed E-state index contributed by atoms with van der Waals surface area (Å²) in [5.41, 5.74) is 0.779. The largest absolute Gasteiger partial charge is 0.271 e. The molecule has 0 radical (unpaired) electrons. The number of nitrogens with zero attached hydrogens (tertiary/aromatic N) is 2. The molecule has 102 valence electrons. The van der Waals surface area contributed by atoms with Crippen molar-refractivity contribution < 1.29 is 8.42 Å². The van der Waals surface area contributed by atoms with Gasteiger partial charge in [-0.1, -0.05) is 30.3 Å². The lowest BCUT2D eigenvalue weighted by molar-refractivity contribution is 0.493. The molecule has 19 heavy (non-hydrogen) atoms. The van der Waals surface area contributed by atoms with Gasteiger partial charge < -0.3 is 0 Å². The molecule has 1 aromatic carbocycles. The van der Waals surface area contributed by atoms with Crippen LogP contribution in [0, 0.1) is 0 Å². The minimum atomic E-state index is -3.33. The molecule has 0 aliphatic heterocycles. The lowest BCUT2D eigenvalue weighted by atomic mass is 10.2. The first-order chi connectivity index (χ1) is 9.05. The van der Waals surface area contributed by atoms with Crippen LogP contribution in [0.2, 0.25) is 0 Å². The molecule has 1 aromatic heterocycles. The average molecular weight is 279 g/mol. The van der Waals surface area contributed by atoms with Crippen molar-refractivity contribution in [2.24, 2.45) is 0 Å². The van der Waals surface area contributed by atoms with Crippen LogP contribution >= 0.6 is 0 Å². The first-order valence-corrected chi connectivity index (χ1v) is 7.72. The van der Waals surface area contributed by atoms with Crippen LogP contribution in [0.5, 0.6) is 0 Å². The monoisotopic (exact) mass is 279 g/mol. The van der Waals surface area contributed by atoms with E-state index in [0.717, 1.165) is 5.56 Å². The van der Waals surface area contributed by atoms with E-state index in [1.54, 1.807) is 23.0 Å². The fourth-order valence-electron chi connectivity index (χ4n) is 1.87. The topological polar surface area (TPSA) is 64.0 Å². The number of benzene rings is 1. The molecule has 0 unspecified atom stereocenters. The van der Waals surface area contributed by atoms with Crippen LogP contribution in [-0.4, -0.2) is 24.2 Å². The van der Waals surface area contributed by atoms with Gasteiger partial charge in [0.15, 0.2) is 0 Å². The second-order valence-corrected chi connectivity index (χ2v) is 6.25. The molecule has 0 bridgehead atoms. The van der Waals surface area contributed by atoms with Gasteiger partial charge in [0.1, 0.15) is 0 Å². The third-order valence-electron chi connectivity index (χ3n) is 2.60. The summed E-state index contributed by atoms with van der Waals surface area (Å²) in [7, 11) is -3.33. The summed E-state index contributed by atoms with van der Waals surface area (Å²) in [5, 5.41) is 4.05. The maximum atomic E-state index is 12.0. The SMILES string of the molecule is C[C@H](Cn1cccn1)NS(=O)(=O)Cc1ccccc1. The van der Waals surface area contributed by atoms with Crippen LogP contribution in [0.25, 0.3) is 0 Å². The molecule has 0 aliphatic carbocycles. The summed E-state index contributed by atoms with van der Waals surface area (Å²) in [6, 6.07) is 10.7. The third kappa shape index (κ3) is 4.50. The molecule has 1 heterocycles. The Hall–Kier alpha value is -1.66. The van der Waals surface area contributed by atoms with E-state index in [0.29, 0.717) is 6.54 Å². The Morgan fingerprint density at radius 2 is 2.00 bits per heavy atom. The number of hydrogen-bond donors (Lipinski definition) is 1. The highest BCUT2D eigenvalue weighted by atomic mass is 32.2. The van der Waals surface area contributed by atoms with Crippen molar-refractivity contribution in [3.05, 3.63) is 54.4 Å². The lowest BCUT2D eigenvalue weighted by Crippen LogP contribution is -2.36. The summed E-state index contributed by atoms with van der Waals surface area (Å²) in [5.74, 6) is -0.00269. The fourth-order valence-corrected chi connectivity index (χ4v) is 3.27. The molecule has 0 spiro atoms. The molecule has 0 aliphatic rings. The maximum Gasteiger partial charge on any atom is 0.216 e. The Labute approximate surface area is 113 Å². The zero-order valence-corrected chi connectivity index (χ0v) is 11.5. The fraction of sp³-hybridized carbons (Fsp3) is 0.308. The van der Waals surface area contributed by atoms with Crippen molar-refractivity contribution in [1.82, 2.24) is 14.5 Å². The van der Waals surface area contributed by atoms with E-state index in [1.165, 1.54) is 0 Å². The highest BCUT2D eigenvalue weighted by Gasteiger charge is 2.15. The first-order valence-electron chi connectivity index (χ1n) is 6.06. The summed E-state index contributed by atoms with van der Waals surface area (Å²) in [6.07, 6.45) is 3.48. The molecule has 2 aromatic rings. The van der Waals surface area contributed by atoms with Crippen LogP contribution < -0.4 is 4.72 Å². The zero-order chi connectivity index (χ0) is 13.7. The minimum Gasteiger partial charge on any atom is -0.271 e. The van der Waals surface area contributed by atoms with E-state index in [2.05, 4.69) is 9.82 Å². The Bertz CT molecular complexity index is 594. The van der Waals surface area contributed by atoms with Crippen LogP contribution in [-0.2, 0) is 22.3 Å². The normalized spacial score (nSPS) is 13.3. The quantitative estimate of drug-likeness (QED) is 0.869. The van der Waals surface area contributed by atoms with Gasteiger partial charge in [-0.05, 0) is 18.6 Å². The summed E-state index contributed by atoms with van der Waals surface area (Å²) in [4.78, 5) is 0. The lowest BCUT2D eigenvalue weighted by Gasteiger charge is -2.14. The van der Waals surface area contributed by atoms with Gasteiger partial charge in [-0.2, -0.15) is 5.10 Å². The van der Waals surface area contributed by atoms with Gasteiger partial charge in [0.2, 0.25) is 10.0 Å². The molecule has 0 saturated carbocycles. The van der Waals surface area contributed by atoms with Crippen LogP contribution in [0.15, 0.2) is 48.8 Å². The van der Waals surface area contributed by atoms with Crippen molar-refractivity contribution in [2.45, 2.75) is 25.3 Å². The minimum absolute atomic E-state index is 0.00269. The van der Waals surface area contributed by atoms with E-state index in [4.69, 9.17) is 0 Å². The van der Waals surface area contributed by atoms with Gasteiger partial charge in [-0.3, -0.25) is 4.68 Å². The highest BCUT2D eigenvalue weighted by molar-refractivity contribution is 7.88. The van der Waals surface area contributed by atoms with Gasteiger partial charge in [0, 0.05) is 18.4 Å². The molecule has 2 rings (SSSR count). The van der Waals surface area contributed by atoms with Crippen molar-refractivity contribution >= 4 is 10.0 Å². The Morgan fingerprint density at radius 1 is 1.26 bits per heavy atom. The Balaban J connectivity index is 1.93. The number of aromatic nitrogens is 2. The molecule has 5 nitrogen and oxygen atoms in total. The van der Waals surface area contributed by atoms with Gasteiger partial charge in [0.05, 0.1) is 12.3 Å². The summed E-state index contributed by atoms with van der Waals surface area (Å²) >= 11 is 0. The van der Waals surface area contributed by atoms with Crippen molar-refractivity contribution in [3.63, 3.8) is 0 Å². The molecule has 1 N–H and O–H groups in total. The van der Waals surface area contributed by atoms with Crippen molar-refractivity contribution in [1.29, 1.82) is 0 Å². The smallest absolute Gasteiger partial charge is 0.216 e. The molecule has 0 fully saturated rings. The first kappa shape index (κ1) is 13.8. The van der Waals surface area contributed by atoms with Crippen LogP contribution in [0.4, 0.5) is 0 Å². The van der Waals surface area contributed by atoms with Gasteiger partial charge in [-0.15, -0.1) is 0 Å². The van der Waals surface area contributed by atoms with Crippen molar-refractivity contribution in [2.75, 3.05) is 0 Å². The zero-order valence-electron chi connectivity index (χ0n) is 10.7. The molecule has 1 atom stereocenters. The average Bonchev–Trinajstić information content (AvgIpc) is 2.81. The molecule has 0 saturated heterocycles. The predicted molar refractivity (Wildman–Crippen MR) is 73.9 cm³/mol.